The molecule has 1 N–H and O–H groups in total. The second kappa shape index (κ2) is 10.6. The Hall–Kier alpha value is -2.19. The van der Waals surface area contributed by atoms with Crippen LogP contribution in [0.3, 0.4) is 0 Å². The van der Waals surface area contributed by atoms with Crippen molar-refractivity contribution in [2.45, 2.75) is 82.6 Å². The Balaban J connectivity index is 2.07. The van der Waals surface area contributed by atoms with Gasteiger partial charge < -0.3 is 24.4 Å². The topological polar surface area (TPSA) is 96.4 Å². The van der Waals surface area contributed by atoms with Gasteiger partial charge in [0.1, 0.15) is 24.2 Å². The van der Waals surface area contributed by atoms with Crippen molar-refractivity contribution >= 4 is 17.8 Å². The van der Waals surface area contributed by atoms with E-state index in [0.717, 1.165) is 12.8 Å². The molecule has 6 atom stereocenters. The molecule has 1 spiro atoms. The van der Waals surface area contributed by atoms with Crippen LogP contribution < -0.4 is 0 Å². The molecule has 0 aromatic heterocycles. The number of aliphatic hydroxyl groups is 1. The van der Waals surface area contributed by atoms with Crippen LogP contribution >= 0.6 is 0 Å². The van der Waals surface area contributed by atoms with Gasteiger partial charge in [-0.2, -0.15) is 0 Å². The van der Waals surface area contributed by atoms with Crippen molar-refractivity contribution in [3.05, 3.63) is 25.3 Å². The Morgan fingerprint density at radius 3 is 2.65 bits per heavy atom. The van der Waals surface area contributed by atoms with Crippen LogP contribution in [0, 0.1) is 11.8 Å². The second-order valence-corrected chi connectivity index (χ2v) is 9.78. The highest BCUT2D eigenvalue weighted by atomic mass is 16.6. The molecule has 3 fully saturated rings. The Morgan fingerprint density at radius 1 is 1.32 bits per heavy atom. The normalized spacial score (nSPS) is 32.4. The van der Waals surface area contributed by atoms with Crippen LogP contribution in [0.5, 0.6) is 0 Å². The molecular formula is C26H40N2O6. The van der Waals surface area contributed by atoms with Gasteiger partial charge in [0.2, 0.25) is 11.8 Å². The van der Waals surface area contributed by atoms with Gasteiger partial charge in [0, 0.05) is 25.7 Å². The number of hydrogen-bond donors (Lipinski definition) is 1. The summed E-state index contributed by atoms with van der Waals surface area (Å²) in [5.41, 5.74) is -1.90. The SMILES string of the molecule is C=CCOC(=O)[C@@H]1[C@H]2C(=O)N(CCCO)C(C(=O)N(CC=C)C(C)CCC)C23CC[C@@]1(CC)O3. The Labute approximate surface area is 202 Å². The monoisotopic (exact) mass is 476 g/mol. The highest BCUT2D eigenvalue weighted by Gasteiger charge is 2.79. The number of aliphatic hydroxyl groups excluding tert-OH is 1. The van der Waals surface area contributed by atoms with E-state index in [9.17, 15) is 19.5 Å². The number of likely N-dealkylation sites (tertiary alicyclic amines) is 1. The van der Waals surface area contributed by atoms with Gasteiger partial charge in [0.25, 0.3) is 0 Å². The third-order valence-electron chi connectivity index (χ3n) is 7.92. The molecule has 3 saturated heterocycles. The fraction of sp³-hybridized carbons (Fsp3) is 0.731. The standard InChI is InChI=1S/C26H40N2O6/c1-6-11-18(5)27(14-7-2)23(31)21-26-13-12-25(9-4,34-26)20(24(32)33-17-8-3)19(26)22(30)28(21)15-10-16-29/h7-8,18-21,29H,2-3,6,9-17H2,1,4-5H3/t18?,19-,20-,21?,25+,26?/m0/s1. The summed E-state index contributed by atoms with van der Waals surface area (Å²) in [5, 5.41) is 9.48. The minimum Gasteiger partial charge on any atom is -0.461 e. The Bertz CT molecular complexity index is 815. The van der Waals surface area contributed by atoms with Crippen molar-refractivity contribution in [3.63, 3.8) is 0 Å². The molecule has 190 valence electrons. The molecule has 3 heterocycles. The van der Waals surface area contributed by atoms with Crippen molar-refractivity contribution < 1.29 is 29.0 Å². The first-order valence-electron chi connectivity index (χ1n) is 12.6. The summed E-state index contributed by atoms with van der Waals surface area (Å²) in [6.07, 6.45) is 6.94. The quantitative estimate of drug-likeness (QED) is 0.324. The lowest BCUT2D eigenvalue weighted by atomic mass is 9.65. The summed E-state index contributed by atoms with van der Waals surface area (Å²) in [6.45, 7) is 14.0. The average molecular weight is 477 g/mol. The molecule has 8 nitrogen and oxygen atoms in total. The fourth-order valence-corrected chi connectivity index (χ4v) is 6.43. The minimum absolute atomic E-state index is 0.0344. The van der Waals surface area contributed by atoms with Crippen molar-refractivity contribution in [2.24, 2.45) is 11.8 Å². The van der Waals surface area contributed by atoms with Crippen LogP contribution in [0.4, 0.5) is 0 Å². The van der Waals surface area contributed by atoms with Crippen molar-refractivity contribution in [2.75, 3.05) is 26.3 Å². The van der Waals surface area contributed by atoms with Gasteiger partial charge in [0.15, 0.2) is 0 Å². The maximum absolute atomic E-state index is 14.1. The number of rotatable bonds is 13. The van der Waals surface area contributed by atoms with E-state index in [0.29, 0.717) is 32.2 Å². The molecule has 0 radical (unpaired) electrons. The van der Waals surface area contributed by atoms with Gasteiger partial charge in [-0.3, -0.25) is 14.4 Å². The van der Waals surface area contributed by atoms with E-state index < -0.39 is 35.0 Å². The van der Waals surface area contributed by atoms with Gasteiger partial charge in [-0.05, 0) is 39.0 Å². The van der Waals surface area contributed by atoms with Gasteiger partial charge in [-0.1, -0.05) is 39.0 Å². The van der Waals surface area contributed by atoms with Crippen molar-refractivity contribution in [1.82, 2.24) is 9.80 Å². The third-order valence-corrected chi connectivity index (χ3v) is 7.92. The molecule has 2 bridgehead atoms. The minimum atomic E-state index is -1.08. The molecule has 2 amide bonds. The second-order valence-electron chi connectivity index (χ2n) is 9.78. The van der Waals surface area contributed by atoms with Crippen LogP contribution in [-0.2, 0) is 23.9 Å². The number of fused-ring (bicyclic) bond motifs is 1. The van der Waals surface area contributed by atoms with Crippen LogP contribution in [0.15, 0.2) is 25.3 Å². The zero-order valence-corrected chi connectivity index (χ0v) is 20.8. The number of carbonyl (C=O) groups excluding carboxylic acids is 3. The first-order valence-corrected chi connectivity index (χ1v) is 12.6. The van der Waals surface area contributed by atoms with E-state index in [4.69, 9.17) is 9.47 Å². The molecule has 0 aliphatic carbocycles. The summed E-state index contributed by atoms with van der Waals surface area (Å²) >= 11 is 0. The Kier molecular flexibility index (Phi) is 8.24. The number of nitrogens with zero attached hydrogens (tertiary/aromatic N) is 2. The highest BCUT2D eigenvalue weighted by Crippen LogP contribution is 2.64. The first kappa shape index (κ1) is 26.4. The molecule has 8 heteroatoms. The maximum atomic E-state index is 14.1. The zero-order chi connectivity index (χ0) is 25.1. The summed E-state index contributed by atoms with van der Waals surface area (Å²) in [7, 11) is 0. The van der Waals surface area contributed by atoms with Crippen molar-refractivity contribution in [3.8, 4) is 0 Å². The highest BCUT2D eigenvalue weighted by molar-refractivity contribution is 5.98. The number of ether oxygens (including phenoxy) is 2. The molecular weight excluding hydrogens is 436 g/mol. The fourth-order valence-electron chi connectivity index (χ4n) is 6.43. The molecule has 3 aliphatic rings. The van der Waals surface area contributed by atoms with E-state index >= 15 is 0 Å². The smallest absolute Gasteiger partial charge is 0.313 e. The molecule has 3 aliphatic heterocycles. The zero-order valence-electron chi connectivity index (χ0n) is 20.8. The van der Waals surface area contributed by atoms with E-state index in [1.54, 1.807) is 15.9 Å². The van der Waals surface area contributed by atoms with Crippen LogP contribution in [0.2, 0.25) is 0 Å². The lowest BCUT2D eigenvalue weighted by Gasteiger charge is -2.39. The van der Waals surface area contributed by atoms with Crippen LogP contribution in [-0.4, -0.2) is 82.3 Å². The molecule has 0 saturated carbocycles. The summed E-state index contributed by atoms with van der Waals surface area (Å²) < 4.78 is 12.1. The molecule has 0 aromatic rings. The molecule has 34 heavy (non-hydrogen) atoms. The van der Waals surface area contributed by atoms with Gasteiger partial charge in [-0.25, -0.2) is 0 Å². The number of hydrogen-bond acceptors (Lipinski definition) is 6. The Morgan fingerprint density at radius 2 is 2.06 bits per heavy atom. The average Bonchev–Trinajstić information content (AvgIpc) is 3.43. The molecule has 3 rings (SSSR count). The number of amides is 2. The van der Waals surface area contributed by atoms with E-state index in [1.165, 1.54) is 6.08 Å². The maximum Gasteiger partial charge on any atom is 0.313 e. The summed E-state index contributed by atoms with van der Waals surface area (Å²) in [4.78, 5) is 44.5. The predicted octanol–water partition coefficient (Wildman–Crippen LogP) is 2.46. The number of carbonyl (C=O) groups is 3. The van der Waals surface area contributed by atoms with Gasteiger partial charge >= 0.3 is 5.97 Å². The largest absolute Gasteiger partial charge is 0.461 e. The van der Waals surface area contributed by atoms with Gasteiger partial charge in [0.05, 0.1) is 11.5 Å². The van der Waals surface area contributed by atoms with E-state index in [2.05, 4.69) is 20.1 Å². The molecule has 0 aromatic carbocycles. The van der Waals surface area contributed by atoms with Crippen molar-refractivity contribution in [1.29, 1.82) is 0 Å². The lowest BCUT2D eigenvalue weighted by Crippen LogP contribution is -2.58. The van der Waals surface area contributed by atoms with Crippen LogP contribution in [0.1, 0.15) is 59.3 Å². The van der Waals surface area contributed by atoms with Gasteiger partial charge in [-0.15, -0.1) is 6.58 Å². The van der Waals surface area contributed by atoms with E-state index in [1.807, 2.05) is 13.8 Å². The van der Waals surface area contributed by atoms with Crippen LogP contribution in [0.25, 0.3) is 0 Å². The number of esters is 1. The predicted molar refractivity (Wildman–Crippen MR) is 128 cm³/mol. The lowest BCUT2D eigenvalue weighted by molar-refractivity contribution is -0.161. The molecule has 3 unspecified atom stereocenters. The summed E-state index contributed by atoms with van der Waals surface area (Å²) in [6, 6.07) is -0.880. The third kappa shape index (κ3) is 4.09. The summed E-state index contributed by atoms with van der Waals surface area (Å²) in [5.74, 6) is -2.46. The first-order chi connectivity index (χ1) is 16.3. The van der Waals surface area contributed by atoms with E-state index in [-0.39, 0.29) is 37.6 Å².